The first-order valence-corrected chi connectivity index (χ1v) is 9.21. The number of morpholine rings is 1. The van der Waals surface area contributed by atoms with E-state index in [4.69, 9.17) is 4.74 Å². The van der Waals surface area contributed by atoms with Crippen LogP contribution in [-0.4, -0.2) is 67.3 Å². The molecule has 7 nitrogen and oxygen atoms in total. The van der Waals surface area contributed by atoms with E-state index in [2.05, 4.69) is 31.5 Å². The summed E-state index contributed by atoms with van der Waals surface area (Å²) < 4.78 is 6.28. The number of nitrogens with zero attached hydrogens (tertiary/aromatic N) is 2. The molecule has 2 heterocycles. The van der Waals surface area contributed by atoms with E-state index in [9.17, 15) is 9.59 Å². The number of rotatable bonds is 4. The first kappa shape index (κ1) is 18.3. The summed E-state index contributed by atoms with van der Waals surface area (Å²) >= 11 is 3.39. The number of benzene rings is 1. The van der Waals surface area contributed by atoms with Gasteiger partial charge in [-0.2, -0.15) is 0 Å². The average Bonchev–Trinajstić information content (AvgIpc) is 2.59. The van der Waals surface area contributed by atoms with Crippen molar-refractivity contribution in [3.05, 3.63) is 28.7 Å². The summed E-state index contributed by atoms with van der Waals surface area (Å²) in [5.41, 5.74) is 0.730. The summed E-state index contributed by atoms with van der Waals surface area (Å²) in [7, 11) is 1.74. The van der Waals surface area contributed by atoms with Gasteiger partial charge in [-0.25, -0.2) is 0 Å². The molecule has 2 amide bonds. The van der Waals surface area contributed by atoms with Gasteiger partial charge in [-0.3, -0.25) is 19.8 Å². The van der Waals surface area contributed by atoms with Gasteiger partial charge in [0.25, 0.3) is 0 Å². The molecule has 2 unspecified atom stereocenters. The minimum absolute atomic E-state index is 0.0451. The van der Waals surface area contributed by atoms with Gasteiger partial charge in [0.2, 0.25) is 11.8 Å². The molecule has 2 aliphatic rings. The largest absolute Gasteiger partial charge is 0.379 e. The van der Waals surface area contributed by atoms with Crippen molar-refractivity contribution < 1.29 is 14.3 Å². The molecule has 2 aliphatic heterocycles. The zero-order valence-corrected chi connectivity index (χ0v) is 15.8. The molecular weight excluding hydrogens is 388 g/mol. The molecule has 25 heavy (non-hydrogen) atoms. The number of halogens is 1. The predicted molar refractivity (Wildman–Crippen MR) is 97.9 cm³/mol. The molecule has 0 bridgehead atoms. The highest BCUT2D eigenvalue weighted by Crippen LogP contribution is 2.18. The van der Waals surface area contributed by atoms with Crippen molar-refractivity contribution in [1.29, 1.82) is 0 Å². The van der Waals surface area contributed by atoms with E-state index >= 15 is 0 Å². The van der Waals surface area contributed by atoms with Gasteiger partial charge in [-0.1, -0.05) is 22.0 Å². The van der Waals surface area contributed by atoms with Crippen LogP contribution in [0.2, 0.25) is 0 Å². The van der Waals surface area contributed by atoms with Crippen LogP contribution in [0.5, 0.6) is 0 Å². The summed E-state index contributed by atoms with van der Waals surface area (Å²) in [5.74, 6) is -0.0756. The first-order valence-electron chi connectivity index (χ1n) is 8.42. The van der Waals surface area contributed by atoms with Gasteiger partial charge in [-0.15, -0.1) is 0 Å². The topological polar surface area (TPSA) is 73.9 Å². The number of ether oxygens (including phenoxy) is 1. The smallest absolute Gasteiger partial charge is 0.227 e. The maximum atomic E-state index is 12.4. The first-order chi connectivity index (χ1) is 12.0. The van der Waals surface area contributed by atoms with Crippen molar-refractivity contribution in [3.8, 4) is 0 Å². The molecule has 8 heteroatoms. The van der Waals surface area contributed by atoms with Gasteiger partial charge < -0.3 is 15.0 Å². The van der Waals surface area contributed by atoms with Gasteiger partial charge in [0.15, 0.2) is 0 Å². The van der Waals surface area contributed by atoms with Crippen LogP contribution >= 0.6 is 15.9 Å². The van der Waals surface area contributed by atoms with Crippen molar-refractivity contribution in [2.75, 3.05) is 38.7 Å². The van der Waals surface area contributed by atoms with Gasteiger partial charge in [0.05, 0.1) is 38.4 Å². The van der Waals surface area contributed by atoms with Crippen molar-refractivity contribution in [1.82, 2.24) is 15.1 Å². The molecule has 2 atom stereocenters. The maximum absolute atomic E-state index is 12.4. The van der Waals surface area contributed by atoms with Crippen LogP contribution in [0.1, 0.15) is 12.8 Å². The molecule has 3 rings (SSSR count). The Kier molecular flexibility index (Phi) is 6.06. The Morgan fingerprint density at radius 3 is 2.88 bits per heavy atom. The van der Waals surface area contributed by atoms with E-state index in [0.29, 0.717) is 19.6 Å². The fraction of sp³-hybridized carbons (Fsp3) is 0.529. The number of hydrogen-bond donors (Lipinski definition) is 2. The van der Waals surface area contributed by atoms with Crippen LogP contribution in [0.25, 0.3) is 0 Å². The lowest BCUT2D eigenvalue weighted by Crippen LogP contribution is -2.63. The van der Waals surface area contributed by atoms with Crippen molar-refractivity contribution in [2.45, 2.75) is 25.2 Å². The molecule has 2 saturated heterocycles. The standard InChI is InChI=1S/C17H23BrN4O3/c1-21-14(10-16(23)19-13-4-2-3-12(18)9-13)20-15(11-17(21)24)22-5-7-25-8-6-22/h2-4,9,14-15,20H,5-8,10-11H2,1H3,(H,19,23). The molecule has 0 aliphatic carbocycles. The summed E-state index contributed by atoms with van der Waals surface area (Å²) in [4.78, 5) is 28.6. The van der Waals surface area contributed by atoms with Crippen LogP contribution in [0.4, 0.5) is 5.69 Å². The predicted octanol–water partition coefficient (Wildman–Crippen LogP) is 1.21. The van der Waals surface area contributed by atoms with Crippen LogP contribution in [-0.2, 0) is 14.3 Å². The Balaban J connectivity index is 1.60. The van der Waals surface area contributed by atoms with Crippen LogP contribution in [0.3, 0.4) is 0 Å². The highest BCUT2D eigenvalue weighted by Gasteiger charge is 2.35. The summed E-state index contributed by atoms with van der Waals surface area (Å²) in [6.45, 7) is 2.95. The molecule has 2 fully saturated rings. The van der Waals surface area contributed by atoms with Crippen molar-refractivity contribution in [2.24, 2.45) is 0 Å². The summed E-state index contributed by atoms with van der Waals surface area (Å²) in [6.07, 6.45) is 0.257. The van der Waals surface area contributed by atoms with Crippen LogP contribution in [0, 0.1) is 0 Å². The second kappa shape index (κ2) is 8.27. The van der Waals surface area contributed by atoms with Gasteiger partial charge in [-0.05, 0) is 18.2 Å². The molecule has 136 valence electrons. The molecule has 2 N–H and O–H groups in total. The quantitative estimate of drug-likeness (QED) is 0.780. The Morgan fingerprint density at radius 2 is 2.16 bits per heavy atom. The Labute approximate surface area is 155 Å². The minimum Gasteiger partial charge on any atom is -0.379 e. The second-order valence-electron chi connectivity index (χ2n) is 6.32. The van der Waals surface area contributed by atoms with Crippen molar-refractivity contribution >= 4 is 33.4 Å². The monoisotopic (exact) mass is 410 g/mol. The Hall–Kier alpha value is -1.48. The van der Waals surface area contributed by atoms with Crippen LogP contribution in [0.15, 0.2) is 28.7 Å². The van der Waals surface area contributed by atoms with Crippen LogP contribution < -0.4 is 10.6 Å². The molecule has 0 aromatic heterocycles. The maximum Gasteiger partial charge on any atom is 0.227 e. The second-order valence-corrected chi connectivity index (χ2v) is 7.23. The third-order valence-electron chi connectivity index (χ3n) is 4.59. The molecule has 1 aromatic rings. The Morgan fingerprint density at radius 1 is 1.40 bits per heavy atom. The summed E-state index contributed by atoms with van der Waals surface area (Å²) in [6, 6.07) is 7.44. The number of carbonyl (C=O) groups is 2. The number of amides is 2. The van der Waals surface area contributed by atoms with E-state index in [-0.39, 0.29) is 30.6 Å². The molecular formula is C17H23BrN4O3. The van der Waals surface area contributed by atoms with Gasteiger partial charge in [0, 0.05) is 30.3 Å². The zero-order chi connectivity index (χ0) is 17.8. The van der Waals surface area contributed by atoms with E-state index < -0.39 is 0 Å². The van der Waals surface area contributed by atoms with E-state index in [0.717, 1.165) is 23.2 Å². The average molecular weight is 411 g/mol. The molecule has 0 radical (unpaired) electrons. The van der Waals surface area contributed by atoms with E-state index in [1.807, 2.05) is 24.3 Å². The van der Waals surface area contributed by atoms with Crippen molar-refractivity contribution in [3.63, 3.8) is 0 Å². The third kappa shape index (κ3) is 4.78. The number of nitrogens with one attached hydrogen (secondary N) is 2. The lowest BCUT2D eigenvalue weighted by Gasteiger charge is -2.43. The minimum atomic E-state index is -0.318. The lowest BCUT2D eigenvalue weighted by molar-refractivity contribution is -0.141. The van der Waals surface area contributed by atoms with Gasteiger partial charge >= 0.3 is 0 Å². The number of anilines is 1. The third-order valence-corrected chi connectivity index (χ3v) is 5.08. The lowest BCUT2D eigenvalue weighted by atomic mass is 10.1. The Bertz CT molecular complexity index is 636. The summed E-state index contributed by atoms with van der Waals surface area (Å²) in [5, 5.41) is 6.32. The molecule has 1 aromatic carbocycles. The highest BCUT2D eigenvalue weighted by molar-refractivity contribution is 9.10. The number of carbonyl (C=O) groups excluding carboxylic acids is 2. The molecule has 0 spiro atoms. The molecule has 0 saturated carbocycles. The van der Waals surface area contributed by atoms with Gasteiger partial charge in [0.1, 0.15) is 0 Å². The number of hydrogen-bond acceptors (Lipinski definition) is 5. The fourth-order valence-corrected chi connectivity index (χ4v) is 3.55. The normalized spacial score (nSPS) is 25.0. The van der Waals surface area contributed by atoms with E-state index in [1.54, 1.807) is 11.9 Å². The SMILES string of the molecule is CN1C(=O)CC(N2CCOCC2)NC1CC(=O)Nc1cccc(Br)c1. The zero-order valence-electron chi connectivity index (χ0n) is 14.2. The highest BCUT2D eigenvalue weighted by atomic mass is 79.9. The van der Waals surface area contributed by atoms with E-state index in [1.165, 1.54) is 0 Å². The fourth-order valence-electron chi connectivity index (χ4n) is 3.15.